The van der Waals surface area contributed by atoms with Crippen LogP contribution in [0.25, 0.3) is 0 Å². The van der Waals surface area contributed by atoms with E-state index in [1.807, 2.05) is 13.0 Å². The molecule has 0 unspecified atom stereocenters. The number of nitrogens with zero attached hydrogens (tertiary/aromatic N) is 2. The summed E-state index contributed by atoms with van der Waals surface area (Å²) < 4.78 is 5.94. The minimum atomic E-state index is -0.00506. The van der Waals surface area contributed by atoms with E-state index in [-0.39, 0.29) is 5.41 Å². The molecule has 0 saturated carbocycles. The second-order valence-electron chi connectivity index (χ2n) is 5.93. The van der Waals surface area contributed by atoms with Crippen LogP contribution in [0.2, 0.25) is 5.15 Å². The third kappa shape index (κ3) is 3.48. The Morgan fingerprint density at radius 1 is 1.05 bits per heavy atom. The van der Waals surface area contributed by atoms with Crippen LogP contribution >= 0.6 is 11.6 Å². The van der Waals surface area contributed by atoms with Crippen LogP contribution in [0.1, 0.15) is 37.7 Å². The van der Waals surface area contributed by atoms with E-state index in [1.165, 1.54) is 0 Å². The molecule has 0 N–H and O–H groups in total. The van der Waals surface area contributed by atoms with Gasteiger partial charge in [-0.15, -0.1) is 0 Å². The van der Waals surface area contributed by atoms with Gasteiger partial charge in [0.25, 0.3) is 0 Å². The summed E-state index contributed by atoms with van der Waals surface area (Å²) in [5.74, 6) is 1.88. The average Bonchev–Trinajstić information content (AvgIpc) is 2.25. The van der Waals surface area contributed by atoms with Crippen LogP contribution in [0.15, 0.2) is 24.3 Å². The molecule has 2 rings (SSSR count). The number of hydrogen-bond donors (Lipinski definition) is 0. The lowest BCUT2D eigenvalue weighted by atomic mass is 9.86. The second kappa shape index (κ2) is 5.41. The van der Waals surface area contributed by atoms with Crippen molar-refractivity contribution in [2.45, 2.75) is 40.0 Å². The molecule has 4 heteroatoms. The number of ether oxygens (including phenoxy) is 1. The van der Waals surface area contributed by atoms with Crippen molar-refractivity contribution < 1.29 is 4.74 Å². The summed E-state index contributed by atoms with van der Waals surface area (Å²) >= 11 is 5.95. The molecule has 0 aliphatic rings. The Balaban J connectivity index is 2.44. The molecule has 0 saturated heterocycles. The molecule has 0 spiro atoms. The van der Waals surface area contributed by atoms with E-state index < -0.39 is 0 Å². The molecule has 2 aromatic rings. The predicted molar refractivity (Wildman–Crippen MR) is 81.7 cm³/mol. The lowest BCUT2D eigenvalue weighted by Crippen LogP contribution is -2.12. The zero-order chi connectivity index (χ0) is 14.9. The minimum absolute atomic E-state index is 0.00506. The van der Waals surface area contributed by atoms with E-state index in [0.29, 0.717) is 16.9 Å². The van der Waals surface area contributed by atoms with Crippen LogP contribution in [-0.4, -0.2) is 9.97 Å². The molecule has 1 aromatic heterocycles. The monoisotopic (exact) mass is 290 g/mol. The number of rotatable bonds is 2. The van der Waals surface area contributed by atoms with Gasteiger partial charge in [0.1, 0.15) is 16.7 Å². The summed E-state index contributed by atoms with van der Waals surface area (Å²) in [6.45, 7) is 10.3. The van der Waals surface area contributed by atoms with Crippen molar-refractivity contribution in [2.24, 2.45) is 0 Å². The first-order valence-corrected chi connectivity index (χ1v) is 6.94. The fourth-order valence-corrected chi connectivity index (χ4v) is 2.22. The standard InChI is InChI=1S/C16H19ClN2O/c1-10-6-7-12(16(3,4)5)13(8-10)20-15-9-14(17)18-11(2)19-15/h6-9H,1-5H3. The summed E-state index contributed by atoms with van der Waals surface area (Å²) in [5.41, 5.74) is 2.27. The van der Waals surface area contributed by atoms with Crippen molar-refractivity contribution in [3.05, 3.63) is 46.4 Å². The first kappa shape index (κ1) is 14.8. The average molecular weight is 291 g/mol. The van der Waals surface area contributed by atoms with E-state index in [0.717, 1.165) is 16.9 Å². The molecule has 0 amide bonds. The Morgan fingerprint density at radius 2 is 1.75 bits per heavy atom. The SMILES string of the molecule is Cc1ccc(C(C)(C)C)c(Oc2cc(Cl)nc(C)n2)c1. The molecular weight excluding hydrogens is 272 g/mol. The van der Waals surface area contributed by atoms with Crippen molar-refractivity contribution in [1.82, 2.24) is 9.97 Å². The highest BCUT2D eigenvalue weighted by Crippen LogP contribution is 2.34. The third-order valence-corrected chi connectivity index (χ3v) is 3.14. The quantitative estimate of drug-likeness (QED) is 0.743. The maximum Gasteiger partial charge on any atom is 0.224 e. The van der Waals surface area contributed by atoms with Gasteiger partial charge in [-0.25, -0.2) is 4.98 Å². The summed E-state index contributed by atoms with van der Waals surface area (Å²) in [7, 11) is 0. The first-order chi connectivity index (χ1) is 9.25. The molecule has 1 heterocycles. The molecule has 20 heavy (non-hydrogen) atoms. The largest absolute Gasteiger partial charge is 0.439 e. The first-order valence-electron chi connectivity index (χ1n) is 6.56. The van der Waals surface area contributed by atoms with Gasteiger partial charge < -0.3 is 4.74 Å². The van der Waals surface area contributed by atoms with Gasteiger partial charge in [0.2, 0.25) is 5.88 Å². The molecule has 0 atom stereocenters. The van der Waals surface area contributed by atoms with Gasteiger partial charge in [0.05, 0.1) is 0 Å². The van der Waals surface area contributed by atoms with Crippen molar-refractivity contribution >= 4 is 11.6 Å². The lowest BCUT2D eigenvalue weighted by molar-refractivity contribution is 0.437. The molecule has 0 aliphatic carbocycles. The zero-order valence-electron chi connectivity index (χ0n) is 12.5. The highest BCUT2D eigenvalue weighted by molar-refractivity contribution is 6.29. The van der Waals surface area contributed by atoms with Gasteiger partial charge in [-0.3, -0.25) is 0 Å². The van der Waals surface area contributed by atoms with Crippen LogP contribution < -0.4 is 4.74 Å². The Kier molecular flexibility index (Phi) is 4.00. The molecule has 3 nitrogen and oxygen atoms in total. The molecular formula is C16H19ClN2O. The van der Waals surface area contributed by atoms with Crippen molar-refractivity contribution in [3.8, 4) is 11.6 Å². The molecule has 0 aliphatic heterocycles. The van der Waals surface area contributed by atoms with E-state index in [9.17, 15) is 0 Å². The zero-order valence-corrected chi connectivity index (χ0v) is 13.2. The fourth-order valence-electron chi connectivity index (χ4n) is 2.00. The normalized spacial score (nSPS) is 11.5. The molecule has 0 fully saturated rings. The van der Waals surface area contributed by atoms with Crippen LogP contribution in [0, 0.1) is 13.8 Å². The number of benzene rings is 1. The summed E-state index contributed by atoms with van der Waals surface area (Å²) in [6, 6.07) is 7.83. The Bertz CT molecular complexity index is 613. The summed E-state index contributed by atoms with van der Waals surface area (Å²) in [6.07, 6.45) is 0. The van der Waals surface area contributed by atoms with Crippen LogP contribution in [0.3, 0.4) is 0 Å². The Morgan fingerprint density at radius 3 is 2.35 bits per heavy atom. The maximum absolute atomic E-state index is 5.95. The van der Waals surface area contributed by atoms with Crippen LogP contribution in [0.4, 0.5) is 0 Å². The maximum atomic E-state index is 5.95. The van der Waals surface area contributed by atoms with E-state index in [4.69, 9.17) is 16.3 Å². The van der Waals surface area contributed by atoms with E-state index >= 15 is 0 Å². The summed E-state index contributed by atoms with van der Waals surface area (Å²) in [5, 5.41) is 0.387. The third-order valence-electron chi connectivity index (χ3n) is 2.94. The van der Waals surface area contributed by atoms with Crippen molar-refractivity contribution in [2.75, 3.05) is 0 Å². The number of hydrogen-bond acceptors (Lipinski definition) is 3. The molecule has 0 radical (unpaired) electrons. The van der Waals surface area contributed by atoms with Crippen LogP contribution in [-0.2, 0) is 5.41 Å². The highest BCUT2D eigenvalue weighted by atomic mass is 35.5. The highest BCUT2D eigenvalue weighted by Gasteiger charge is 2.19. The smallest absolute Gasteiger partial charge is 0.224 e. The van der Waals surface area contributed by atoms with Gasteiger partial charge in [-0.05, 0) is 30.9 Å². The van der Waals surface area contributed by atoms with E-state index in [1.54, 1.807) is 13.0 Å². The van der Waals surface area contributed by atoms with Crippen molar-refractivity contribution in [1.29, 1.82) is 0 Å². The van der Waals surface area contributed by atoms with Gasteiger partial charge in [0, 0.05) is 11.6 Å². The Labute approximate surface area is 125 Å². The lowest BCUT2D eigenvalue weighted by Gasteiger charge is -2.22. The van der Waals surface area contributed by atoms with Gasteiger partial charge in [0.15, 0.2) is 0 Å². The van der Waals surface area contributed by atoms with Gasteiger partial charge >= 0.3 is 0 Å². The molecule has 0 bridgehead atoms. The van der Waals surface area contributed by atoms with Crippen LogP contribution in [0.5, 0.6) is 11.6 Å². The second-order valence-corrected chi connectivity index (χ2v) is 6.32. The van der Waals surface area contributed by atoms with E-state index in [2.05, 4.69) is 42.9 Å². The predicted octanol–water partition coefficient (Wildman–Crippen LogP) is 4.84. The Hall–Kier alpha value is -1.61. The summed E-state index contributed by atoms with van der Waals surface area (Å²) in [4.78, 5) is 8.30. The number of aryl methyl sites for hydroxylation is 2. The molecule has 1 aromatic carbocycles. The number of halogens is 1. The molecule has 106 valence electrons. The minimum Gasteiger partial charge on any atom is -0.439 e. The topological polar surface area (TPSA) is 35.0 Å². The van der Waals surface area contributed by atoms with Gasteiger partial charge in [-0.2, -0.15) is 4.98 Å². The number of aromatic nitrogens is 2. The fraction of sp³-hybridized carbons (Fsp3) is 0.375. The van der Waals surface area contributed by atoms with Crippen molar-refractivity contribution in [3.63, 3.8) is 0 Å². The van der Waals surface area contributed by atoms with Gasteiger partial charge in [-0.1, -0.05) is 44.5 Å².